The molecule has 13 atom stereocenters. The Balaban J connectivity index is 0.576. The van der Waals surface area contributed by atoms with E-state index in [0.717, 1.165) is 125 Å². The number of ether oxygens (including phenoxy) is 3. The van der Waals surface area contributed by atoms with E-state index in [2.05, 4.69) is 128 Å². The molecule has 4 fully saturated rings. The van der Waals surface area contributed by atoms with Gasteiger partial charge in [-0.2, -0.15) is 23.5 Å². The number of aliphatic hydroxyl groups excluding tert-OH is 1. The van der Waals surface area contributed by atoms with Crippen LogP contribution in [0.15, 0.2) is 134 Å². The van der Waals surface area contributed by atoms with E-state index in [1.54, 1.807) is 26.0 Å². The lowest BCUT2D eigenvalue weighted by atomic mass is 9.85. The molecule has 5 amide bonds. The number of rotatable bonds is 28. The first-order chi connectivity index (χ1) is 53.9. The molecule has 1 aliphatic carbocycles. The van der Waals surface area contributed by atoms with E-state index in [1.165, 1.54) is 60.3 Å². The molecule has 30 heteroatoms. The van der Waals surface area contributed by atoms with Crippen molar-refractivity contribution in [3.05, 3.63) is 119 Å². The van der Waals surface area contributed by atoms with Crippen LogP contribution in [-0.2, 0) is 47.4 Å². The molecule has 0 aromatic heterocycles. The maximum absolute atomic E-state index is 14.3. The zero-order valence-electron chi connectivity index (χ0n) is 66.6. The van der Waals surface area contributed by atoms with Gasteiger partial charge in [-0.3, -0.25) is 33.7 Å². The van der Waals surface area contributed by atoms with Gasteiger partial charge >= 0.3 is 6.09 Å². The van der Waals surface area contributed by atoms with Crippen molar-refractivity contribution in [3.63, 3.8) is 0 Å². The number of Topliss-reactive ketones (excluding diaryl/α,β-unsaturated/α-hetero) is 1. The first kappa shape index (κ1) is 85.4. The standard InChI is InChI=1S/C82H118N14O12S3Si/c1-52-41-64-72(66(97)44-65(74(64)101)92-76(102)53(2)19-16-24-67(105-8)75(108-78(83)104)55(4)43-54(3)73(100)68(42-52)106-9)85-33-18-32-84-70(98)25-17-34-96-71(99)45-69(77(96)103)111-51-61-31-40-95-39-30-60(90-81(95)91-61)50-110-49-59-29-38-94-37-28-58(88-80(94)89-59)48-109-47-57-27-36-93-35-26-56(86-79(93)87-57)46-107-112(82(5,6)7,62-20-12-10-13-21-62)63-22-14-11-15-23-63/h10-16,19-24,43-44,52,54,56-61,67-69,73,75,85,100H,17-18,25-42,45-51H2,1-9H3,(H2,83,104)(H,84,98)(H,86,87)(H,88,89)(H,90,91)(H,92,102)/t52-,54+,56-,57-,58-,59-,60-,61-,67+,68+,69?,73-,75+/m1/s1. The molecule has 2 aromatic carbocycles. The third-order valence-corrected chi connectivity index (χ3v) is 31.6. The first-order valence-electron chi connectivity index (χ1n) is 40.1. The number of hydrogen-bond donors (Lipinski definition) is 8. The molecular formula is C82H118N14O12S3Si. The second-order valence-corrected chi connectivity index (χ2v) is 39.9. The Morgan fingerprint density at radius 2 is 1.28 bits per heavy atom. The number of nitrogens with one attached hydrogen (secondary N) is 6. The number of carbonyl (C=O) groups excluding carboxylic acids is 7. The third kappa shape index (κ3) is 22.1. The Morgan fingerprint density at radius 1 is 0.714 bits per heavy atom. The van der Waals surface area contributed by atoms with Crippen LogP contribution in [0.3, 0.4) is 0 Å². The van der Waals surface area contributed by atoms with Gasteiger partial charge in [-0.15, -0.1) is 11.8 Å². The van der Waals surface area contributed by atoms with E-state index in [0.29, 0.717) is 42.9 Å². The van der Waals surface area contributed by atoms with Crippen molar-refractivity contribution in [2.75, 3.05) is 108 Å². The number of amides is 5. The number of carbonyl (C=O) groups is 7. The summed E-state index contributed by atoms with van der Waals surface area (Å²) in [6.07, 6.45) is 10.2. The fourth-order valence-electron chi connectivity index (χ4n) is 16.4. The summed E-state index contributed by atoms with van der Waals surface area (Å²) in [5.74, 6) is 4.39. The number of guanidine groups is 3. The molecule has 9 aliphatic rings. The second kappa shape index (κ2) is 40.2. The Bertz CT molecular complexity index is 3870. The van der Waals surface area contributed by atoms with Crippen molar-refractivity contribution >= 4 is 113 Å². The average molecular weight is 1620 g/mol. The van der Waals surface area contributed by atoms with Crippen molar-refractivity contribution < 1.29 is 57.3 Å². The van der Waals surface area contributed by atoms with Crippen molar-refractivity contribution in [3.8, 4) is 0 Å². The van der Waals surface area contributed by atoms with Gasteiger partial charge in [0.1, 0.15) is 6.10 Å². The highest BCUT2D eigenvalue weighted by molar-refractivity contribution is 8.00. The average Bonchev–Trinajstić information content (AvgIpc) is 0.872. The van der Waals surface area contributed by atoms with Crippen LogP contribution in [0, 0.1) is 11.8 Å². The van der Waals surface area contributed by atoms with Crippen LogP contribution in [-0.4, -0.2) is 267 Å². The largest absolute Gasteiger partial charge is 0.439 e. The molecule has 1 unspecified atom stereocenters. The van der Waals surface area contributed by atoms with Crippen molar-refractivity contribution in [1.82, 2.24) is 51.5 Å². The van der Waals surface area contributed by atoms with Gasteiger partial charge in [0.25, 0.3) is 14.2 Å². The molecule has 11 rings (SSSR count). The van der Waals surface area contributed by atoms with Crippen molar-refractivity contribution in [2.45, 2.75) is 196 Å². The SMILES string of the molecule is CO[C@H]1C=CC=C(C)C(=O)NC2=CC(=O)C(NCCCNC(=O)CCCN3C(=O)CC(SC[C@H]4CCN5CC[C@H](CSC[C@H]6CCN7CC[C@H](CSC[C@H]8CCN9CC[C@H](CO[Si](c%10ccccc%10)(c%10ccccc%10)C(C)(C)C)N=C9N8)N=C7N6)N=C5N4)C3=O)=C(C[C@@H](C)C[C@H](OC)[C@H](O)[C@@H](C)C=C(C)[C@@H]1OC(N)=O)C2=O. The zero-order chi connectivity index (χ0) is 79.6. The number of thioether (sulfide) groups is 3. The molecule has 8 aliphatic heterocycles. The van der Waals surface area contributed by atoms with E-state index < -0.39 is 67.5 Å². The van der Waals surface area contributed by atoms with Crippen LogP contribution in [0.2, 0.25) is 5.04 Å². The van der Waals surface area contributed by atoms with Crippen LogP contribution < -0.4 is 48.0 Å². The topological polar surface area (TPSA) is 325 Å². The number of primary amides is 1. The second-order valence-electron chi connectivity index (χ2n) is 32.2. The van der Waals surface area contributed by atoms with Crippen LogP contribution in [0.25, 0.3) is 0 Å². The number of hydrogen-bond acceptors (Lipinski definition) is 25. The monoisotopic (exact) mass is 1610 g/mol. The maximum Gasteiger partial charge on any atom is 0.405 e. The van der Waals surface area contributed by atoms with Crippen LogP contribution >= 0.6 is 35.3 Å². The van der Waals surface area contributed by atoms with Gasteiger partial charge in [0, 0.05) is 156 Å². The van der Waals surface area contributed by atoms with Crippen LogP contribution in [0.4, 0.5) is 4.79 Å². The summed E-state index contributed by atoms with van der Waals surface area (Å²) in [4.78, 5) is 118. The molecule has 26 nitrogen and oxygen atoms in total. The van der Waals surface area contributed by atoms with E-state index in [9.17, 15) is 38.7 Å². The van der Waals surface area contributed by atoms with Gasteiger partial charge in [-0.1, -0.05) is 120 Å². The molecule has 0 saturated carbocycles. The van der Waals surface area contributed by atoms with Crippen LogP contribution in [0.5, 0.6) is 0 Å². The summed E-state index contributed by atoms with van der Waals surface area (Å²) in [5, 5.41) is 33.6. The van der Waals surface area contributed by atoms with Gasteiger partial charge in [0.15, 0.2) is 24.0 Å². The fraction of sp³-hybridized carbons (Fsp3) is 0.610. The van der Waals surface area contributed by atoms with Gasteiger partial charge in [0.05, 0.1) is 53.6 Å². The number of aliphatic imine (C=N–C) groups is 3. The van der Waals surface area contributed by atoms with E-state index in [1.807, 2.05) is 30.4 Å². The number of benzene rings is 2. The lowest BCUT2D eigenvalue weighted by molar-refractivity contribution is -0.138. The highest BCUT2D eigenvalue weighted by Crippen LogP contribution is 2.38. The molecule has 2 bridgehead atoms. The lowest BCUT2D eigenvalue weighted by Gasteiger charge is -2.44. The first-order valence-corrected chi connectivity index (χ1v) is 45.4. The Hall–Kier alpha value is -7.45. The Morgan fingerprint density at radius 3 is 1.84 bits per heavy atom. The summed E-state index contributed by atoms with van der Waals surface area (Å²) in [6.45, 7) is 21.0. The predicted molar refractivity (Wildman–Crippen MR) is 447 cm³/mol. The minimum Gasteiger partial charge on any atom is -0.439 e. The zero-order valence-corrected chi connectivity index (χ0v) is 70.1. The summed E-state index contributed by atoms with van der Waals surface area (Å²) in [7, 11) is 0.236. The summed E-state index contributed by atoms with van der Waals surface area (Å²) in [6, 6.07) is 23.2. The van der Waals surface area contributed by atoms with E-state index in [-0.39, 0.29) is 121 Å². The molecule has 2 aromatic rings. The van der Waals surface area contributed by atoms with Crippen molar-refractivity contribution in [2.24, 2.45) is 32.5 Å². The molecule has 610 valence electrons. The number of ketones is 2. The Labute approximate surface area is 674 Å². The lowest BCUT2D eigenvalue weighted by Crippen LogP contribution is -2.67. The molecule has 8 heterocycles. The maximum atomic E-state index is 14.3. The molecule has 4 saturated heterocycles. The number of fused-ring (bicyclic) bond motifs is 5. The third-order valence-electron chi connectivity index (χ3n) is 22.7. The molecule has 112 heavy (non-hydrogen) atoms. The summed E-state index contributed by atoms with van der Waals surface area (Å²) >= 11 is 5.50. The number of likely N-dealkylation sites (tertiary alicyclic amines) is 1. The molecular weight excluding hydrogens is 1500 g/mol. The normalized spacial score (nSPS) is 27.7. The molecule has 0 radical (unpaired) electrons. The number of methoxy groups -OCH3 is 2. The number of nitrogens with two attached hydrogens (primary N) is 1. The van der Waals surface area contributed by atoms with Gasteiger partial charge in [-0.05, 0) is 105 Å². The quantitative estimate of drug-likeness (QED) is 0.0161. The molecule has 9 N–H and O–H groups in total. The van der Waals surface area contributed by atoms with Crippen LogP contribution in [0.1, 0.15) is 126 Å². The minimum atomic E-state index is -2.66. The number of imide groups is 1. The molecule has 0 spiro atoms. The smallest absolute Gasteiger partial charge is 0.405 e. The van der Waals surface area contributed by atoms with Gasteiger partial charge < -0.3 is 76.1 Å². The minimum absolute atomic E-state index is 0.0710. The van der Waals surface area contributed by atoms with Gasteiger partial charge in [-0.25, -0.2) is 19.8 Å². The predicted octanol–water partition coefficient (Wildman–Crippen LogP) is 5.92. The number of nitrogens with zero attached hydrogens (tertiary/aromatic N) is 7. The van der Waals surface area contributed by atoms with E-state index >= 15 is 0 Å². The van der Waals surface area contributed by atoms with E-state index in [4.69, 9.17) is 39.3 Å². The number of allylic oxidation sites excluding steroid dienone is 4. The summed E-state index contributed by atoms with van der Waals surface area (Å²) < 4.78 is 24.2. The highest BCUT2D eigenvalue weighted by Gasteiger charge is 2.51. The van der Waals surface area contributed by atoms with Crippen molar-refractivity contribution in [1.29, 1.82) is 0 Å². The summed E-state index contributed by atoms with van der Waals surface area (Å²) in [5.41, 5.74) is 6.22. The fourth-order valence-corrected chi connectivity index (χ4v) is 24.6. The highest BCUT2D eigenvalue weighted by atomic mass is 32.2. The number of aliphatic hydroxyl groups is 1. The van der Waals surface area contributed by atoms with Gasteiger partial charge in [0.2, 0.25) is 29.3 Å². The Kier molecular flexibility index (Phi) is 30.7.